The van der Waals surface area contributed by atoms with Crippen LogP contribution in [0.2, 0.25) is 0 Å². The maximum Gasteiger partial charge on any atom is 0.338 e. The molecule has 4 heterocycles. The SMILES string of the molecule is NC(=O)c1ccc[nH]c1=S.O=C(O)c1ccc[nH]c1=S.O=c1[nH]sc2ncccc12. The van der Waals surface area contributed by atoms with E-state index in [1.54, 1.807) is 48.9 Å². The number of nitrogens with one attached hydrogen (secondary N) is 3. The number of hydrogen-bond acceptors (Lipinski definition) is 7. The molecule has 9 nitrogen and oxygen atoms in total. The number of pyridine rings is 3. The first kappa shape index (κ1) is 22.8. The Morgan fingerprint density at radius 1 is 1.00 bits per heavy atom. The lowest BCUT2D eigenvalue weighted by Gasteiger charge is -1.91. The maximum atomic E-state index is 10.9. The van der Waals surface area contributed by atoms with Gasteiger partial charge in [0, 0.05) is 18.6 Å². The minimum Gasteiger partial charge on any atom is -0.478 e. The molecule has 0 saturated heterocycles. The fraction of sp³-hybridized carbons (Fsp3) is 0. The van der Waals surface area contributed by atoms with Crippen molar-refractivity contribution in [2.24, 2.45) is 5.73 Å². The van der Waals surface area contributed by atoms with Crippen molar-refractivity contribution >= 4 is 58.1 Å². The van der Waals surface area contributed by atoms with Gasteiger partial charge >= 0.3 is 5.97 Å². The van der Waals surface area contributed by atoms with Crippen LogP contribution >= 0.6 is 36.0 Å². The summed E-state index contributed by atoms with van der Waals surface area (Å²) in [6.45, 7) is 0. The summed E-state index contributed by atoms with van der Waals surface area (Å²) in [6, 6.07) is 9.83. The normalized spacial score (nSPS) is 9.60. The predicted molar refractivity (Wildman–Crippen MR) is 119 cm³/mol. The molecule has 0 atom stereocenters. The van der Waals surface area contributed by atoms with Crippen molar-refractivity contribution in [1.29, 1.82) is 0 Å². The van der Waals surface area contributed by atoms with Gasteiger partial charge in [-0.15, -0.1) is 0 Å². The number of carbonyl (C=O) groups is 2. The maximum absolute atomic E-state index is 10.9. The number of aromatic carboxylic acids is 1. The van der Waals surface area contributed by atoms with Crippen LogP contribution in [0.1, 0.15) is 20.7 Å². The average molecular weight is 462 g/mol. The van der Waals surface area contributed by atoms with Crippen molar-refractivity contribution in [2.75, 3.05) is 0 Å². The van der Waals surface area contributed by atoms with Crippen LogP contribution in [0.25, 0.3) is 10.2 Å². The van der Waals surface area contributed by atoms with E-state index in [0.717, 1.165) is 4.83 Å². The first-order valence-electron chi connectivity index (χ1n) is 8.12. The molecular weight excluding hydrogens is 446 g/mol. The Morgan fingerprint density at radius 2 is 1.60 bits per heavy atom. The van der Waals surface area contributed by atoms with Gasteiger partial charge in [-0.2, -0.15) is 0 Å². The molecule has 0 aliphatic rings. The Morgan fingerprint density at radius 3 is 2.03 bits per heavy atom. The molecule has 0 aliphatic carbocycles. The highest BCUT2D eigenvalue weighted by Gasteiger charge is 2.02. The second kappa shape index (κ2) is 10.9. The lowest BCUT2D eigenvalue weighted by Crippen LogP contribution is -2.11. The third kappa shape index (κ3) is 6.27. The van der Waals surface area contributed by atoms with Crippen molar-refractivity contribution in [3.63, 3.8) is 0 Å². The number of carbonyl (C=O) groups excluding carboxylic acids is 1. The third-order valence-electron chi connectivity index (χ3n) is 3.39. The fourth-order valence-electron chi connectivity index (χ4n) is 2.00. The van der Waals surface area contributed by atoms with E-state index in [4.69, 9.17) is 35.3 Å². The molecule has 6 N–H and O–H groups in total. The standard InChI is InChI=1S/C6H4N2OS.C6H6N2OS.C6H5NO2S/c9-5-4-2-1-3-7-6(4)10-8-5;7-5(9)4-2-1-3-8-6(4)10;8-6(9)4-2-1-3-7-5(4)10/h1-3H,(H,8,9);1-3H,(H2,7,9)(H,8,10);1-3H,(H,7,10)(H,8,9). The molecular formula is C18H15N5O4S3. The Kier molecular flexibility index (Phi) is 8.29. The number of aromatic amines is 3. The largest absolute Gasteiger partial charge is 0.478 e. The Bertz CT molecular complexity index is 1280. The van der Waals surface area contributed by atoms with Crippen molar-refractivity contribution in [3.05, 3.63) is 85.8 Å². The summed E-state index contributed by atoms with van der Waals surface area (Å²) in [5, 5.41) is 9.15. The second-order valence-corrected chi connectivity index (χ2v) is 7.00. The van der Waals surface area contributed by atoms with E-state index in [2.05, 4.69) is 19.3 Å². The molecule has 0 bridgehead atoms. The van der Waals surface area contributed by atoms with Crippen LogP contribution in [-0.2, 0) is 0 Å². The summed E-state index contributed by atoms with van der Waals surface area (Å²) in [5.41, 5.74) is 5.44. The summed E-state index contributed by atoms with van der Waals surface area (Å²) < 4.78 is 3.24. The van der Waals surface area contributed by atoms with Gasteiger partial charge in [0.2, 0.25) is 0 Å². The van der Waals surface area contributed by atoms with Crippen molar-refractivity contribution < 1.29 is 14.7 Å². The number of nitrogens with two attached hydrogens (primary N) is 1. The highest BCUT2D eigenvalue weighted by atomic mass is 32.1. The molecule has 0 saturated carbocycles. The van der Waals surface area contributed by atoms with Crippen LogP contribution in [0.3, 0.4) is 0 Å². The minimum atomic E-state index is -0.998. The summed E-state index contributed by atoms with van der Waals surface area (Å²) >= 11 is 10.7. The average Bonchev–Trinajstić information content (AvgIpc) is 3.10. The molecule has 4 rings (SSSR count). The Balaban J connectivity index is 0.000000160. The number of carboxylic acids is 1. The minimum absolute atomic E-state index is 0.0481. The number of aromatic nitrogens is 4. The van der Waals surface area contributed by atoms with Crippen molar-refractivity contribution in [3.8, 4) is 0 Å². The number of H-pyrrole nitrogens is 3. The monoisotopic (exact) mass is 461 g/mol. The summed E-state index contributed by atoms with van der Waals surface area (Å²) in [7, 11) is 0. The quantitative estimate of drug-likeness (QED) is 0.287. The highest BCUT2D eigenvalue weighted by molar-refractivity contribution is 7.71. The highest BCUT2D eigenvalue weighted by Crippen LogP contribution is 2.07. The van der Waals surface area contributed by atoms with E-state index in [9.17, 15) is 14.4 Å². The second-order valence-electron chi connectivity index (χ2n) is 5.38. The molecule has 0 spiro atoms. The van der Waals surface area contributed by atoms with E-state index < -0.39 is 11.9 Å². The summed E-state index contributed by atoms with van der Waals surface area (Å²) in [4.78, 5) is 41.9. The number of rotatable bonds is 2. The van der Waals surface area contributed by atoms with Gasteiger partial charge in [0.05, 0.1) is 16.5 Å². The van der Waals surface area contributed by atoms with E-state index in [0.29, 0.717) is 15.6 Å². The zero-order chi connectivity index (χ0) is 22.1. The summed E-state index contributed by atoms with van der Waals surface area (Å²) in [6.07, 6.45) is 4.91. The van der Waals surface area contributed by atoms with E-state index >= 15 is 0 Å². The van der Waals surface area contributed by atoms with Crippen LogP contribution in [-0.4, -0.2) is 36.3 Å². The first-order chi connectivity index (χ1) is 14.3. The number of primary amides is 1. The predicted octanol–water partition coefficient (Wildman–Crippen LogP) is 3.27. The molecule has 0 aliphatic heterocycles. The molecule has 0 aromatic carbocycles. The lowest BCUT2D eigenvalue weighted by atomic mass is 10.3. The van der Waals surface area contributed by atoms with Crippen LogP contribution in [0, 0.1) is 9.28 Å². The number of nitrogens with zero attached hydrogens (tertiary/aromatic N) is 1. The lowest BCUT2D eigenvalue weighted by molar-refractivity contribution is 0.0695. The van der Waals surface area contributed by atoms with Crippen molar-refractivity contribution in [2.45, 2.75) is 0 Å². The van der Waals surface area contributed by atoms with Gasteiger partial charge in [-0.3, -0.25) is 14.0 Å². The molecule has 12 heteroatoms. The van der Waals surface area contributed by atoms with Crippen molar-refractivity contribution in [1.82, 2.24) is 19.3 Å². The Labute approximate surface area is 183 Å². The molecule has 1 amide bonds. The van der Waals surface area contributed by atoms with Crippen LogP contribution < -0.4 is 11.3 Å². The third-order valence-corrected chi connectivity index (χ3v) is 4.87. The number of amides is 1. The number of fused-ring (bicyclic) bond motifs is 1. The fourth-order valence-corrected chi connectivity index (χ4v) is 3.14. The van der Waals surface area contributed by atoms with Crippen LogP contribution in [0.5, 0.6) is 0 Å². The van der Waals surface area contributed by atoms with Gasteiger partial charge in [0.15, 0.2) is 0 Å². The van der Waals surface area contributed by atoms with Crippen LogP contribution in [0.4, 0.5) is 0 Å². The smallest absolute Gasteiger partial charge is 0.338 e. The zero-order valence-electron chi connectivity index (χ0n) is 15.1. The van der Waals surface area contributed by atoms with Gasteiger partial charge in [0.25, 0.3) is 11.5 Å². The van der Waals surface area contributed by atoms with E-state index in [1.165, 1.54) is 17.6 Å². The van der Waals surface area contributed by atoms with E-state index in [-0.39, 0.29) is 15.8 Å². The van der Waals surface area contributed by atoms with Gasteiger partial charge in [0.1, 0.15) is 14.1 Å². The number of carboxylic acid groups (broad SMARTS) is 1. The zero-order valence-corrected chi connectivity index (χ0v) is 17.6. The molecule has 0 fully saturated rings. The Hall–Kier alpha value is -3.48. The van der Waals surface area contributed by atoms with Gasteiger partial charge in [-0.25, -0.2) is 9.78 Å². The molecule has 30 heavy (non-hydrogen) atoms. The van der Waals surface area contributed by atoms with Gasteiger partial charge in [-0.1, -0.05) is 24.4 Å². The van der Waals surface area contributed by atoms with Gasteiger partial charge in [-0.05, 0) is 47.9 Å². The van der Waals surface area contributed by atoms with Gasteiger partial charge < -0.3 is 20.8 Å². The van der Waals surface area contributed by atoms with E-state index in [1.807, 2.05) is 0 Å². The van der Waals surface area contributed by atoms with Crippen LogP contribution in [0.15, 0.2) is 59.8 Å². The molecule has 0 radical (unpaired) electrons. The molecule has 4 aromatic rings. The molecule has 0 unspecified atom stereocenters. The topological polar surface area (TPSA) is 158 Å². The first-order valence-corrected chi connectivity index (χ1v) is 9.75. The molecule has 4 aromatic heterocycles. The number of hydrogen-bond donors (Lipinski definition) is 5. The molecule has 154 valence electrons. The summed E-state index contributed by atoms with van der Waals surface area (Å²) in [5.74, 6) is -1.50.